The predicted molar refractivity (Wildman–Crippen MR) is 75.8 cm³/mol. The fourth-order valence-electron chi connectivity index (χ4n) is 1.59. The second kappa shape index (κ2) is 6.21. The lowest BCUT2D eigenvalue weighted by Crippen LogP contribution is -2.19. The van der Waals surface area contributed by atoms with Crippen LogP contribution in [-0.4, -0.2) is 26.0 Å². The lowest BCUT2D eigenvalue weighted by molar-refractivity contribution is -0.116. The second-order valence-electron chi connectivity index (χ2n) is 4.17. The number of carbonyl (C=O) groups excluding carboxylic acids is 1. The first-order valence-electron chi connectivity index (χ1n) is 5.75. The molecule has 1 amide bonds. The van der Waals surface area contributed by atoms with E-state index in [1.807, 2.05) is 6.92 Å². The molecule has 2 N–H and O–H groups in total. The quantitative estimate of drug-likeness (QED) is 0.904. The number of benzene rings is 1. The monoisotopic (exact) mass is 314 g/mol. The standard InChI is InChI=1S/C12H12Cl2N4O2/c1-7-2-3-9(13)12(11(7)14)15-10(20)5-18-4-8(6-19)16-17-18/h2-4,19H,5-6H2,1H3,(H,15,20). The molecule has 1 aromatic carbocycles. The third-order valence-electron chi connectivity index (χ3n) is 2.60. The van der Waals surface area contributed by atoms with Crippen molar-refractivity contribution in [2.75, 3.05) is 5.32 Å². The molecule has 0 radical (unpaired) electrons. The number of halogens is 2. The van der Waals surface area contributed by atoms with Gasteiger partial charge in [0.2, 0.25) is 5.91 Å². The Morgan fingerprint density at radius 3 is 2.85 bits per heavy atom. The summed E-state index contributed by atoms with van der Waals surface area (Å²) in [7, 11) is 0. The van der Waals surface area contributed by atoms with Crippen molar-refractivity contribution in [3.05, 3.63) is 39.6 Å². The number of nitrogens with zero attached hydrogens (tertiary/aromatic N) is 3. The maximum absolute atomic E-state index is 11.9. The highest BCUT2D eigenvalue weighted by atomic mass is 35.5. The van der Waals surface area contributed by atoms with Gasteiger partial charge in [-0.25, -0.2) is 4.68 Å². The molecule has 0 aliphatic heterocycles. The molecule has 0 spiro atoms. The Labute approximate surface area is 125 Å². The maximum atomic E-state index is 11.9. The van der Waals surface area contributed by atoms with E-state index in [0.717, 1.165) is 5.56 Å². The van der Waals surface area contributed by atoms with Crippen molar-refractivity contribution in [1.29, 1.82) is 0 Å². The van der Waals surface area contributed by atoms with Crippen LogP contribution in [0.15, 0.2) is 18.3 Å². The Morgan fingerprint density at radius 2 is 2.20 bits per heavy atom. The first-order chi connectivity index (χ1) is 9.51. The molecule has 0 bridgehead atoms. The van der Waals surface area contributed by atoms with E-state index in [0.29, 0.717) is 21.4 Å². The van der Waals surface area contributed by atoms with Gasteiger partial charge in [-0.05, 0) is 18.6 Å². The number of aliphatic hydroxyl groups excluding tert-OH is 1. The fourth-order valence-corrected chi connectivity index (χ4v) is 2.05. The summed E-state index contributed by atoms with van der Waals surface area (Å²) in [6.07, 6.45) is 1.49. The van der Waals surface area contributed by atoms with Gasteiger partial charge in [0.25, 0.3) is 0 Å². The van der Waals surface area contributed by atoms with E-state index < -0.39 is 0 Å². The summed E-state index contributed by atoms with van der Waals surface area (Å²) in [6.45, 7) is 1.55. The normalized spacial score (nSPS) is 10.6. The molecule has 0 unspecified atom stereocenters. The van der Waals surface area contributed by atoms with Crippen molar-refractivity contribution < 1.29 is 9.90 Å². The van der Waals surface area contributed by atoms with Gasteiger partial charge in [-0.2, -0.15) is 0 Å². The Bertz CT molecular complexity index is 642. The molecule has 106 valence electrons. The van der Waals surface area contributed by atoms with Crippen LogP contribution >= 0.6 is 23.2 Å². The van der Waals surface area contributed by atoms with Crippen LogP contribution in [-0.2, 0) is 17.9 Å². The van der Waals surface area contributed by atoms with Crippen molar-refractivity contribution in [3.63, 3.8) is 0 Å². The van der Waals surface area contributed by atoms with E-state index in [1.54, 1.807) is 12.1 Å². The molecular weight excluding hydrogens is 303 g/mol. The summed E-state index contributed by atoms with van der Waals surface area (Å²) in [6, 6.07) is 3.43. The molecule has 1 heterocycles. The minimum absolute atomic E-state index is 0.0480. The summed E-state index contributed by atoms with van der Waals surface area (Å²) in [5.41, 5.74) is 1.58. The van der Waals surface area contributed by atoms with Gasteiger partial charge in [0.05, 0.1) is 28.5 Å². The van der Waals surface area contributed by atoms with Crippen molar-refractivity contribution in [2.45, 2.75) is 20.1 Å². The van der Waals surface area contributed by atoms with Crippen LogP contribution in [0.4, 0.5) is 5.69 Å². The molecule has 2 rings (SSSR count). The summed E-state index contributed by atoms with van der Waals surface area (Å²) in [5, 5.41) is 19.7. The van der Waals surface area contributed by atoms with Crippen molar-refractivity contribution in [2.24, 2.45) is 0 Å². The zero-order valence-electron chi connectivity index (χ0n) is 10.6. The van der Waals surface area contributed by atoms with E-state index >= 15 is 0 Å². The van der Waals surface area contributed by atoms with Crippen LogP contribution in [0.2, 0.25) is 10.0 Å². The molecule has 0 saturated carbocycles. The number of hydrogen-bond acceptors (Lipinski definition) is 4. The third kappa shape index (κ3) is 3.27. The average molecular weight is 315 g/mol. The van der Waals surface area contributed by atoms with Gasteiger partial charge in [0.15, 0.2) is 0 Å². The van der Waals surface area contributed by atoms with Crippen LogP contribution in [0.1, 0.15) is 11.3 Å². The Kier molecular flexibility index (Phi) is 4.59. The maximum Gasteiger partial charge on any atom is 0.246 e. The van der Waals surface area contributed by atoms with Crippen LogP contribution in [0.5, 0.6) is 0 Å². The molecule has 0 saturated heterocycles. The van der Waals surface area contributed by atoms with Gasteiger partial charge in [0, 0.05) is 0 Å². The minimum atomic E-state index is -0.339. The smallest absolute Gasteiger partial charge is 0.246 e. The SMILES string of the molecule is Cc1ccc(Cl)c(NC(=O)Cn2cc(CO)nn2)c1Cl. The van der Waals surface area contributed by atoms with Crippen LogP contribution < -0.4 is 5.32 Å². The predicted octanol–water partition coefficient (Wildman–Crippen LogP) is 2.02. The van der Waals surface area contributed by atoms with Gasteiger partial charge in [0.1, 0.15) is 12.2 Å². The number of aromatic nitrogens is 3. The van der Waals surface area contributed by atoms with Crippen LogP contribution in [0.3, 0.4) is 0 Å². The summed E-state index contributed by atoms with van der Waals surface area (Å²) < 4.78 is 1.32. The zero-order chi connectivity index (χ0) is 14.7. The topological polar surface area (TPSA) is 80.0 Å². The number of rotatable bonds is 4. The number of anilines is 1. The summed E-state index contributed by atoms with van der Waals surface area (Å²) in [5.74, 6) is -0.339. The van der Waals surface area contributed by atoms with Gasteiger partial charge < -0.3 is 10.4 Å². The van der Waals surface area contributed by atoms with Crippen molar-refractivity contribution in [1.82, 2.24) is 15.0 Å². The number of hydrogen-bond donors (Lipinski definition) is 2. The van der Waals surface area contributed by atoms with E-state index in [9.17, 15) is 4.79 Å². The zero-order valence-corrected chi connectivity index (χ0v) is 12.1. The molecule has 0 fully saturated rings. The molecule has 2 aromatic rings. The van der Waals surface area contributed by atoms with Gasteiger partial charge in [-0.15, -0.1) is 5.10 Å². The highest BCUT2D eigenvalue weighted by Gasteiger charge is 2.12. The number of amides is 1. The molecule has 1 aromatic heterocycles. The van der Waals surface area contributed by atoms with E-state index in [1.165, 1.54) is 10.9 Å². The molecular formula is C12H12Cl2N4O2. The minimum Gasteiger partial charge on any atom is -0.390 e. The fraction of sp³-hybridized carbons (Fsp3) is 0.250. The highest BCUT2D eigenvalue weighted by Crippen LogP contribution is 2.32. The van der Waals surface area contributed by atoms with E-state index in [4.69, 9.17) is 28.3 Å². The highest BCUT2D eigenvalue weighted by molar-refractivity contribution is 6.40. The van der Waals surface area contributed by atoms with Gasteiger partial charge >= 0.3 is 0 Å². The van der Waals surface area contributed by atoms with E-state index in [2.05, 4.69) is 15.6 Å². The molecule has 0 aliphatic rings. The lowest BCUT2D eigenvalue weighted by atomic mass is 10.2. The van der Waals surface area contributed by atoms with Gasteiger partial charge in [-0.3, -0.25) is 4.79 Å². The number of carbonyl (C=O) groups is 1. The number of nitrogens with one attached hydrogen (secondary N) is 1. The molecule has 0 atom stereocenters. The number of aliphatic hydroxyl groups is 1. The first-order valence-corrected chi connectivity index (χ1v) is 6.51. The lowest BCUT2D eigenvalue weighted by Gasteiger charge is -2.10. The Hall–Kier alpha value is -1.63. The van der Waals surface area contributed by atoms with Gasteiger partial charge in [-0.1, -0.05) is 34.5 Å². The van der Waals surface area contributed by atoms with Crippen LogP contribution in [0, 0.1) is 6.92 Å². The summed E-state index contributed by atoms with van der Waals surface area (Å²) >= 11 is 12.1. The largest absolute Gasteiger partial charge is 0.390 e. The van der Waals surface area contributed by atoms with E-state index in [-0.39, 0.29) is 19.1 Å². The third-order valence-corrected chi connectivity index (χ3v) is 3.40. The van der Waals surface area contributed by atoms with Crippen LogP contribution in [0.25, 0.3) is 0 Å². The average Bonchev–Trinajstić information content (AvgIpc) is 2.87. The molecule has 0 aliphatic carbocycles. The van der Waals surface area contributed by atoms with Crippen molar-refractivity contribution >= 4 is 34.8 Å². The molecule has 20 heavy (non-hydrogen) atoms. The number of aryl methyl sites for hydroxylation is 1. The Balaban J connectivity index is 2.10. The molecule has 6 nitrogen and oxygen atoms in total. The summed E-state index contributed by atoms with van der Waals surface area (Å²) in [4.78, 5) is 11.9. The second-order valence-corrected chi connectivity index (χ2v) is 4.95. The Morgan fingerprint density at radius 1 is 1.45 bits per heavy atom. The van der Waals surface area contributed by atoms with Crippen molar-refractivity contribution in [3.8, 4) is 0 Å². The first kappa shape index (κ1) is 14.8. The molecule has 8 heteroatoms.